The summed E-state index contributed by atoms with van der Waals surface area (Å²) in [7, 11) is 0. The van der Waals surface area contributed by atoms with Crippen LogP contribution >= 0.6 is 11.6 Å². The predicted octanol–water partition coefficient (Wildman–Crippen LogP) is 4.46. The van der Waals surface area contributed by atoms with Crippen LogP contribution in [-0.2, 0) is 22.4 Å². The topological polar surface area (TPSA) is 113 Å². The molecule has 2 N–H and O–H groups in total. The number of aliphatic hydroxyl groups is 1. The molecule has 9 heteroatoms. The first-order valence-corrected chi connectivity index (χ1v) is 14.5. The Bertz CT molecular complexity index is 1360. The van der Waals surface area contributed by atoms with Gasteiger partial charge in [0.15, 0.2) is 0 Å². The summed E-state index contributed by atoms with van der Waals surface area (Å²) < 4.78 is 1.48. The number of amides is 1. The van der Waals surface area contributed by atoms with Gasteiger partial charge in [-0.15, -0.1) is 0 Å². The van der Waals surface area contributed by atoms with Crippen LogP contribution < -0.4 is 0 Å². The average molecular weight is 552 g/mol. The van der Waals surface area contributed by atoms with Crippen molar-refractivity contribution in [3.05, 3.63) is 57.4 Å². The van der Waals surface area contributed by atoms with E-state index in [0.717, 1.165) is 53.8 Å². The Hall–Kier alpha value is -2.97. The van der Waals surface area contributed by atoms with Crippen molar-refractivity contribution in [1.29, 1.82) is 0 Å². The molecule has 2 heterocycles. The van der Waals surface area contributed by atoms with Crippen molar-refractivity contribution in [2.75, 3.05) is 13.2 Å². The van der Waals surface area contributed by atoms with Crippen LogP contribution in [0, 0.1) is 11.8 Å². The van der Waals surface area contributed by atoms with Crippen LogP contribution in [0.4, 0.5) is 0 Å². The lowest BCUT2D eigenvalue weighted by Crippen LogP contribution is -2.43. The van der Waals surface area contributed by atoms with Crippen LogP contribution in [0.25, 0.3) is 5.57 Å². The number of likely N-dealkylation sites (tertiary alicyclic amines) is 1. The molecule has 1 saturated heterocycles. The third kappa shape index (κ3) is 4.82. The molecule has 1 amide bonds. The van der Waals surface area contributed by atoms with Crippen LogP contribution in [0.1, 0.15) is 90.2 Å². The van der Waals surface area contributed by atoms with Gasteiger partial charge in [-0.1, -0.05) is 29.8 Å². The number of carbonyl (C=O) groups is 3. The number of aliphatic carboxylic acids is 1. The standard InChI is InChI=1S/C30H34ClN3O5/c31-24-5-1-4-22(17-6-7-17)26(24)29(37)34-25-15-20(28(36)33-14-2-3-21(33)16-35)12-13-23(25)27(32-34)18-8-10-19(11-9-18)30(38)39/h1,4-5,8,17,19-21,35H,2-3,6-7,9-16H2,(H,38,39)/t19?,20?,21-/m1/s1. The fourth-order valence-electron chi connectivity index (χ4n) is 6.68. The molecule has 0 radical (unpaired) electrons. The molecule has 4 aliphatic rings. The van der Waals surface area contributed by atoms with Crippen molar-refractivity contribution >= 4 is 35.0 Å². The lowest BCUT2D eigenvalue weighted by molar-refractivity contribution is -0.142. The number of hydrogen-bond acceptors (Lipinski definition) is 5. The monoisotopic (exact) mass is 551 g/mol. The SMILES string of the molecule is O=C(O)C1CC=C(c2nn(C(=O)c3c(Cl)cccc3C3CC3)c3c2CCC(C(=O)N2CCC[C@@H]2CO)C3)CC1. The number of rotatable bonds is 6. The highest BCUT2D eigenvalue weighted by molar-refractivity contribution is 6.34. The van der Waals surface area contributed by atoms with Crippen LogP contribution in [0.15, 0.2) is 24.3 Å². The van der Waals surface area contributed by atoms with Crippen LogP contribution in [0.5, 0.6) is 0 Å². The number of aliphatic hydroxyl groups excluding tert-OH is 1. The van der Waals surface area contributed by atoms with Crippen LogP contribution in [0.2, 0.25) is 5.02 Å². The van der Waals surface area contributed by atoms with Gasteiger partial charge in [-0.25, -0.2) is 0 Å². The van der Waals surface area contributed by atoms with E-state index >= 15 is 0 Å². The van der Waals surface area contributed by atoms with E-state index in [1.54, 1.807) is 6.07 Å². The lowest BCUT2D eigenvalue weighted by atomic mass is 9.82. The van der Waals surface area contributed by atoms with E-state index in [1.807, 2.05) is 23.1 Å². The van der Waals surface area contributed by atoms with Gasteiger partial charge in [-0.05, 0) is 80.9 Å². The normalized spacial score (nSPS) is 24.8. The van der Waals surface area contributed by atoms with Crippen molar-refractivity contribution < 1.29 is 24.6 Å². The van der Waals surface area contributed by atoms with Crippen molar-refractivity contribution in [1.82, 2.24) is 14.7 Å². The molecule has 1 aromatic heterocycles. The van der Waals surface area contributed by atoms with Crippen LogP contribution in [0.3, 0.4) is 0 Å². The maximum atomic E-state index is 14.2. The Kier molecular flexibility index (Phi) is 7.10. The van der Waals surface area contributed by atoms with Gasteiger partial charge in [0, 0.05) is 24.4 Å². The number of fused-ring (bicyclic) bond motifs is 1. The Labute approximate surface area is 232 Å². The number of carbonyl (C=O) groups excluding carboxylic acids is 2. The van der Waals surface area contributed by atoms with E-state index in [1.165, 1.54) is 4.68 Å². The number of aromatic nitrogens is 2. The smallest absolute Gasteiger partial charge is 0.306 e. The minimum atomic E-state index is -0.788. The molecule has 1 aromatic carbocycles. The van der Waals surface area contributed by atoms with E-state index in [0.29, 0.717) is 61.6 Å². The Morgan fingerprint density at radius 3 is 2.54 bits per heavy atom. The molecule has 39 heavy (non-hydrogen) atoms. The number of hydrogen-bond donors (Lipinski definition) is 2. The first kappa shape index (κ1) is 26.3. The predicted molar refractivity (Wildman–Crippen MR) is 146 cm³/mol. The molecule has 1 saturated carbocycles. The fourth-order valence-corrected chi connectivity index (χ4v) is 6.94. The summed E-state index contributed by atoms with van der Waals surface area (Å²) in [6, 6.07) is 5.45. The van der Waals surface area contributed by atoms with E-state index in [2.05, 4.69) is 0 Å². The average Bonchev–Trinajstić information content (AvgIpc) is 3.56. The molecule has 0 spiro atoms. The molecular weight excluding hydrogens is 518 g/mol. The largest absolute Gasteiger partial charge is 0.481 e. The van der Waals surface area contributed by atoms with Gasteiger partial charge < -0.3 is 15.1 Å². The molecule has 2 aromatic rings. The van der Waals surface area contributed by atoms with E-state index in [9.17, 15) is 24.6 Å². The highest BCUT2D eigenvalue weighted by Gasteiger charge is 2.39. The number of carboxylic acids is 1. The number of allylic oxidation sites excluding steroid dienone is 2. The summed E-state index contributed by atoms with van der Waals surface area (Å²) in [5, 5.41) is 24.5. The molecule has 2 fully saturated rings. The third-order valence-electron chi connectivity index (χ3n) is 9.03. The van der Waals surface area contributed by atoms with Gasteiger partial charge in [0.25, 0.3) is 5.91 Å². The first-order chi connectivity index (χ1) is 18.9. The molecule has 2 unspecified atom stereocenters. The second-order valence-corrected chi connectivity index (χ2v) is 11.9. The second-order valence-electron chi connectivity index (χ2n) is 11.5. The molecular formula is C30H34ClN3O5. The zero-order valence-corrected chi connectivity index (χ0v) is 22.7. The molecule has 3 atom stereocenters. The maximum absolute atomic E-state index is 14.2. The highest BCUT2D eigenvalue weighted by atomic mass is 35.5. The van der Waals surface area contributed by atoms with Gasteiger partial charge >= 0.3 is 5.97 Å². The van der Waals surface area contributed by atoms with Crippen molar-refractivity contribution in [2.24, 2.45) is 11.8 Å². The number of benzene rings is 1. The lowest BCUT2D eigenvalue weighted by Gasteiger charge is -2.30. The number of nitrogens with zero attached hydrogens (tertiary/aromatic N) is 3. The van der Waals surface area contributed by atoms with Crippen molar-refractivity contribution in [2.45, 2.75) is 76.2 Å². The third-order valence-corrected chi connectivity index (χ3v) is 9.34. The maximum Gasteiger partial charge on any atom is 0.306 e. The highest BCUT2D eigenvalue weighted by Crippen LogP contribution is 2.44. The van der Waals surface area contributed by atoms with E-state index in [-0.39, 0.29) is 30.4 Å². The van der Waals surface area contributed by atoms with Crippen molar-refractivity contribution in [3.63, 3.8) is 0 Å². The molecule has 0 bridgehead atoms. The van der Waals surface area contributed by atoms with E-state index < -0.39 is 11.9 Å². The number of carboxylic acid groups (broad SMARTS) is 1. The Morgan fingerprint density at radius 1 is 1.05 bits per heavy atom. The number of halogens is 1. The zero-order chi connectivity index (χ0) is 27.3. The van der Waals surface area contributed by atoms with Gasteiger partial charge in [-0.2, -0.15) is 9.78 Å². The molecule has 3 aliphatic carbocycles. The first-order valence-electron chi connectivity index (χ1n) is 14.1. The van der Waals surface area contributed by atoms with Gasteiger partial charge in [0.1, 0.15) is 0 Å². The van der Waals surface area contributed by atoms with Gasteiger partial charge in [-0.3, -0.25) is 14.4 Å². The van der Waals surface area contributed by atoms with Crippen molar-refractivity contribution in [3.8, 4) is 0 Å². The molecule has 206 valence electrons. The Balaban J connectivity index is 1.39. The van der Waals surface area contributed by atoms with Gasteiger partial charge in [0.2, 0.25) is 5.91 Å². The summed E-state index contributed by atoms with van der Waals surface area (Å²) in [5.41, 5.74) is 4.89. The van der Waals surface area contributed by atoms with Crippen LogP contribution in [-0.4, -0.2) is 61.9 Å². The minimum absolute atomic E-state index is 0.0355. The molecule has 8 nitrogen and oxygen atoms in total. The van der Waals surface area contributed by atoms with E-state index in [4.69, 9.17) is 16.7 Å². The summed E-state index contributed by atoms with van der Waals surface area (Å²) >= 11 is 6.61. The minimum Gasteiger partial charge on any atom is -0.481 e. The summed E-state index contributed by atoms with van der Waals surface area (Å²) in [6.07, 6.45) is 8.93. The molecule has 1 aliphatic heterocycles. The summed E-state index contributed by atoms with van der Waals surface area (Å²) in [6.45, 7) is 0.616. The summed E-state index contributed by atoms with van der Waals surface area (Å²) in [5.74, 6) is -1.39. The molecule has 6 rings (SSSR count). The zero-order valence-electron chi connectivity index (χ0n) is 21.9. The quantitative estimate of drug-likeness (QED) is 0.548. The van der Waals surface area contributed by atoms with Gasteiger partial charge in [0.05, 0.1) is 40.5 Å². The Morgan fingerprint density at radius 2 is 1.85 bits per heavy atom. The summed E-state index contributed by atoms with van der Waals surface area (Å²) in [4.78, 5) is 41.0. The fraction of sp³-hybridized carbons (Fsp3) is 0.533. The second kappa shape index (κ2) is 10.5.